The highest BCUT2D eigenvalue weighted by Crippen LogP contribution is 2.36. The number of fused-ring (bicyclic) bond motifs is 5. The summed E-state index contributed by atoms with van der Waals surface area (Å²) in [5, 5.41) is 6.95. The maximum Gasteiger partial charge on any atom is 0.213 e. The highest BCUT2D eigenvalue weighted by molar-refractivity contribution is 5.86. The molecule has 0 bridgehead atoms. The van der Waals surface area contributed by atoms with Gasteiger partial charge in [0.1, 0.15) is 35.2 Å². The summed E-state index contributed by atoms with van der Waals surface area (Å²) < 4.78 is 11.7. The van der Waals surface area contributed by atoms with Crippen LogP contribution in [0.15, 0.2) is 273 Å². The third-order valence-electron chi connectivity index (χ3n) is 24.5. The van der Waals surface area contributed by atoms with Gasteiger partial charge in [-0.05, 0) is 212 Å². The Kier molecular flexibility index (Phi) is 26.6. The molecule has 0 atom stereocenters. The summed E-state index contributed by atoms with van der Waals surface area (Å²) in [6.07, 6.45) is 17.1. The molecule has 0 unspecified atom stereocenters. The summed E-state index contributed by atoms with van der Waals surface area (Å²) in [5.41, 5.74) is 33.9. The average Bonchev–Trinajstić information content (AvgIpc) is 0.886. The van der Waals surface area contributed by atoms with Crippen molar-refractivity contribution in [3.63, 3.8) is 0 Å². The van der Waals surface area contributed by atoms with Crippen LogP contribution in [0.1, 0.15) is 155 Å². The summed E-state index contributed by atoms with van der Waals surface area (Å²) in [4.78, 5) is 0. The van der Waals surface area contributed by atoms with Crippen molar-refractivity contribution in [1.82, 2.24) is 0 Å². The Balaban J connectivity index is 0.000000125. The molecule has 15 aromatic rings. The number of rotatable bonds is 14. The lowest BCUT2D eigenvalue weighted by Crippen LogP contribution is -2.33. The van der Waals surface area contributed by atoms with E-state index in [4.69, 9.17) is 0 Å². The number of pyridine rings is 5. The zero-order valence-electron chi connectivity index (χ0n) is 72.2. The van der Waals surface area contributed by atoms with Gasteiger partial charge in [0.2, 0.25) is 56.1 Å². The van der Waals surface area contributed by atoms with E-state index in [1.807, 2.05) is 0 Å². The maximum atomic E-state index is 2.45. The summed E-state index contributed by atoms with van der Waals surface area (Å²) in [6, 6.07) is 99.5. The summed E-state index contributed by atoms with van der Waals surface area (Å²) in [5.74, 6) is 3.08. The van der Waals surface area contributed by atoms with E-state index in [0.29, 0.717) is 17.3 Å². The third-order valence-corrected chi connectivity index (χ3v) is 24.5. The molecule has 0 saturated heterocycles. The topological polar surface area (TPSA) is 19.4 Å². The van der Waals surface area contributed by atoms with Crippen molar-refractivity contribution in [2.75, 3.05) is 0 Å². The van der Waals surface area contributed by atoms with Crippen LogP contribution in [0.4, 0.5) is 0 Å². The van der Waals surface area contributed by atoms with Gasteiger partial charge in [-0.15, -0.1) is 0 Å². The first-order chi connectivity index (χ1) is 55.5. The van der Waals surface area contributed by atoms with Crippen molar-refractivity contribution >= 4 is 54.5 Å². The van der Waals surface area contributed by atoms with E-state index in [1.165, 1.54) is 231 Å². The SMILES string of the molecule is Cc1ccccc1-c1cc(CC(C)C)c2ccccc2[n+]1C.Cc1ccccc1-c1cc(CC2CCCC2)c2ccccc2[n+]1C.Cc1ccccc1-c1ccc2c(CC(C)(C)C)cccc2[n+]1C.Cc1ccccc1-c1ccc2c(CC(C)C)cccc2[n+]1C.Cc1ccccc1-c1ccc2c(CC3CCCC3)cccc2[n+]1C. The first-order valence-corrected chi connectivity index (χ1v) is 42.8. The summed E-state index contributed by atoms with van der Waals surface area (Å²) in [7, 11) is 10.9. The first-order valence-electron chi connectivity index (χ1n) is 42.8. The highest BCUT2D eigenvalue weighted by atomic mass is 15.0. The molecule has 2 saturated carbocycles. The van der Waals surface area contributed by atoms with Crippen LogP contribution >= 0.6 is 0 Å². The molecule has 5 aromatic heterocycles. The largest absolute Gasteiger partial charge is 0.213 e. The molecular weight excluding hydrogens is 1390 g/mol. The van der Waals surface area contributed by atoms with Crippen LogP contribution in [0.25, 0.3) is 111 Å². The number of para-hydroxylation sites is 2. The molecule has 0 aliphatic heterocycles. The van der Waals surface area contributed by atoms with Crippen molar-refractivity contribution in [3.8, 4) is 56.3 Å². The number of hydrogen-bond acceptors (Lipinski definition) is 0. The molecule has 2 aliphatic carbocycles. The van der Waals surface area contributed by atoms with Gasteiger partial charge in [0.25, 0.3) is 0 Å². The zero-order valence-corrected chi connectivity index (χ0v) is 72.2. The molecule has 0 amide bonds. The van der Waals surface area contributed by atoms with Gasteiger partial charge in [0.15, 0.2) is 0 Å². The van der Waals surface area contributed by atoms with Gasteiger partial charge in [0, 0.05) is 115 Å². The molecule has 2 fully saturated rings. The molecular formula is C110H126N5+5. The molecule has 5 heterocycles. The standard InChI is InChI=1S/2C23H26N.C22H26N.2C21H24N/c1-17-9-3-6-12-20(17)23-16-19(15-18-10-4-5-11-18)21-13-7-8-14-22(21)24(23)2;1-17-8-3-6-12-20(17)23-15-14-21-19(16-18-9-4-5-10-18)11-7-13-22(21)24(23)2;1-16-9-6-7-11-18(16)21-14-13-19-17(15-22(2,3)4)10-8-12-20(19)23(21)5;1-15(2)13-17-14-21(18-10-6-5-9-16(18)3)22(4)20-12-8-7-11-19(17)20;1-15(2)14-17-9-7-11-20-19(17)12-13-21(22(20)4)18-10-6-5-8-16(18)3/h3,6-9,12-14,16,18H,4-5,10-11,15H2,1-2H3;3,6-8,11-15,18H,4-5,9-10,16H2,1-2H3;6-14H,15H2,1-5H3;5-12,14-15H,13H2,1-4H3;5-13,15H,14H2,1-4H3/q5*+1. The lowest BCUT2D eigenvalue weighted by Gasteiger charge is -2.19. The Bertz CT molecular complexity index is 5880. The van der Waals surface area contributed by atoms with Crippen LogP contribution in [-0.4, -0.2) is 0 Å². The fourth-order valence-corrected chi connectivity index (χ4v) is 18.5. The van der Waals surface area contributed by atoms with Gasteiger partial charge in [0.05, 0.1) is 0 Å². The van der Waals surface area contributed by atoms with Gasteiger partial charge in [-0.3, -0.25) is 0 Å². The molecule has 17 rings (SSSR count). The second kappa shape index (κ2) is 37.2. The van der Waals surface area contributed by atoms with E-state index in [-0.39, 0.29) is 0 Å². The lowest BCUT2D eigenvalue weighted by atomic mass is 9.86. The first kappa shape index (κ1) is 82.2. The third kappa shape index (κ3) is 19.3. The van der Waals surface area contributed by atoms with Crippen LogP contribution in [0.5, 0.6) is 0 Å². The van der Waals surface area contributed by atoms with E-state index in [9.17, 15) is 0 Å². The fraction of sp³-hybridized carbons (Fsp3) is 0.318. The van der Waals surface area contributed by atoms with E-state index in [2.05, 4.69) is 414 Å². The smallest absolute Gasteiger partial charge is 0.194 e. The van der Waals surface area contributed by atoms with E-state index < -0.39 is 0 Å². The lowest BCUT2D eigenvalue weighted by molar-refractivity contribution is -0.633. The number of aryl methyl sites for hydroxylation is 10. The van der Waals surface area contributed by atoms with Gasteiger partial charge >= 0.3 is 0 Å². The van der Waals surface area contributed by atoms with Gasteiger partial charge in [-0.1, -0.05) is 251 Å². The number of aromatic nitrogens is 5. The molecule has 0 radical (unpaired) electrons. The van der Waals surface area contributed by atoms with Gasteiger partial charge < -0.3 is 0 Å². The number of hydrogen-bond donors (Lipinski definition) is 0. The van der Waals surface area contributed by atoms with E-state index in [0.717, 1.165) is 31.1 Å². The second-order valence-corrected chi connectivity index (χ2v) is 35.4. The predicted molar refractivity (Wildman–Crippen MR) is 488 cm³/mol. The molecule has 5 heteroatoms. The Labute approximate surface area is 688 Å². The summed E-state index contributed by atoms with van der Waals surface area (Å²) in [6.45, 7) is 27.0. The predicted octanol–water partition coefficient (Wildman–Crippen LogP) is 25.6. The number of benzene rings is 10. The van der Waals surface area contributed by atoms with Crippen molar-refractivity contribution in [2.45, 2.75) is 167 Å². The minimum absolute atomic E-state index is 0.293. The summed E-state index contributed by atoms with van der Waals surface area (Å²) >= 11 is 0. The molecule has 10 aromatic carbocycles. The minimum atomic E-state index is 0.293. The van der Waals surface area contributed by atoms with Crippen LogP contribution in [-0.2, 0) is 67.3 Å². The zero-order chi connectivity index (χ0) is 81.0. The van der Waals surface area contributed by atoms with Crippen molar-refractivity contribution in [3.05, 3.63) is 329 Å². The van der Waals surface area contributed by atoms with Crippen LogP contribution in [0, 0.1) is 63.7 Å². The Morgan fingerprint density at radius 1 is 0.270 bits per heavy atom. The number of nitrogens with zero attached hydrogens (tertiary/aromatic N) is 5. The minimum Gasteiger partial charge on any atom is -0.194 e. The highest BCUT2D eigenvalue weighted by Gasteiger charge is 2.27. The van der Waals surface area contributed by atoms with Crippen LogP contribution in [0.2, 0.25) is 0 Å². The molecule has 5 nitrogen and oxygen atoms in total. The maximum absolute atomic E-state index is 2.45. The molecule has 115 heavy (non-hydrogen) atoms. The average molecular weight is 1520 g/mol. The van der Waals surface area contributed by atoms with Crippen molar-refractivity contribution in [1.29, 1.82) is 0 Å². The molecule has 2 aliphatic rings. The molecule has 586 valence electrons. The van der Waals surface area contributed by atoms with Crippen LogP contribution in [0.3, 0.4) is 0 Å². The van der Waals surface area contributed by atoms with Gasteiger partial charge in [-0.2, -0.15) is 22.8 Å². The Morgan fingerprint density at radius 3 is 0.896 bits per heavy atom. The molecule has 0 spiro atoms. The van der Waals surface area contributed by atoms with Gasteiger partial charge in [-0.25, -0.2) is 0 Å². The van der Waals surface area contributed by atoms with Crippen LogP contribution < -0.4 is 22.8 Å². The Morgan fingerprint density at radius 2 is 0.530 bits per heavy atom. The quantitative estimate of drug-likeness (QED) is 0.0967. The van der Waals surface area contributed by atoms with Crippen molar-refractivity contribution in [2.24, 2.45) is 64.3 Å². The normalized spacial score (nSPS) is 13.1. The second-order valence-electron chi connectivity index (χ2n) is 35.4. The van der Waals surface area contributed by atoms with E-state index >= 15 is 0 Å². The monoisotopic (exact) mass is 1520 g/mol. The van der Waals surface area contributed by atoms with Crippen molar-refractivity contribution < 1.29 is 22.8 Å². The Hall–Kier alpha value is -10.8. The molecule has 0 N–H and O–H groups in total. The fourth-order valence-electron chi connectivity index (χ4n) is 18.5. The van der Waals surface area contributed by atoms with E-state index in [1.54, 1.807) is 0 Å².